The Labute approximate surface area is 179 Å². The Kier molecular flexibility index (Phi) is 4.63. The number of alkyl halides is 1. The molecule has 2 atom stereocenters. The van der Waals surface area contributed by atoms with Crippen molar-refractivity contribution >= 4 is 40.5 Å². The number of nitrogens with one attached hydrogen (secondary N) is 1. The third-order valence-electron chi connectivity index (χ3n) is 6.15. The van der Waals surface area contributed by atoms with Crippen LogP contribution >= 0.6 is 11.6 Å². The van der Waals surface area contributed by atoms with Crippen molar-refractivity contribution in [2.75, 3.05) is 13.0 Å². The standard InChI is InChI=1S/C24H21ClN2O3/c1-30-24(29)20-12-18-17-8-4-5-9-19(17)26-22(18)23(27(20)21(28)13-25)16-10-14-6-2-3-7-15(14)11-16/h2-10,20,23,26H,11-13H2,1H3. The topological polar surface area (TPSA) is 62.4 Å². The molecule has 1 amide bonds. The van der Waals surface area contributed by atoms with Crippen molar-refractivity contribution in [3.8, 4) is 0 Å². The summed E-state index contributed by atoms with van der Waals surface area (Å²) < 4.78 is 5.09. The number of carbonyl (C=O) groups excluding carboxylic acids is 2. The summed E-state index contributed by atoms with van der Waals surface area (Å²) in [6, 6.07) is 15.1. The van der Waals surface area contributed by atoms with Gasteiger partial charge in [0.2, 0.25) is 5.91 Å². The van der Waals surface area contributed by atoms with Crippen LogP contribution in [0.4, 0.5) is 0 Å². The first-order chi connectivity index (χ1) is 14.6. The van der Waals surface area contributed by atoms with Gasteiger partial charge in [0.25, 0.3) is 0 Å². The van der Waals surface area contributed by atoms with Gasteiger partial charge in [-0.15, -0.1) is 11.6 Å². The Morgan fingerprint density at radius 1 is 1.17 bits per heavy atom. The van der Waals surface area contributed by atoms with Crippen LogP contribution in [0.5, 0.6) is 0 Å². The molecule has 2 aromatic carbocycles. The number of carbonyl (C=O) groups is 2. The fourth-order valence-electron chi connectivity index (χ4n) is 4.85. The largest absolute Gasteiger partial charge is 0.467 e. The van der Waals surface area contributed by atoms with Crippen molar-refractivity contribution in [1.29, 1.82) is 0 Å². The van der Waals surface area contributed by atoms with E-state index in [2.05, 4.69) is 23.2 Å². The second-order valence-electron chi connectivity index (χ2n) is 7.74. The van der Waals surface area contributed by atoms with Crippen molar-refractivity contribution in [3.63, 3.8) is 0 Å². The lowest BCUT2D eigenvalue weighted by molar-refractivity contribution is -0.154. The molecule has 1 aliphatic heterocycles. The summed E-state index contributed by atoms with van der Waals surface area (Å²) in [4.78, 5) is 30.9. The van der Waals surface area contributed by atoms with Gasteiger partial charge in [0.05, 0.1) is 13.2 Å². The lowest BCUT2D eigenvalue weighted by Gasteiger charge is -2.41. The van der Waals surface area contributed by atoms with Crippen LogP contribution in [-0.2, 0) is 27.2 Å². The first-order valence-corrected chi connectivity index (χ1v) is 10.5. The summed E-state index contributed by atoms with van der Waals surface area (Å²) in [6.45, 7) is 0. The number of benzene rings is 2. The van der Waals surface area contributed by atoms with Gasteiger partial charge < -0.3 is 14.6 Å². The third kappa shape index (κ3) is 2.84. The van der Waals surface area contributed by atoms with Gasteiger partial charge >= 0.3 is 5.97 Å². The summed E-state index contributed by atoms with van der Waals surface area (Å²) in [5.74, 6) is -0.900. The lowest BCUT2D eigenvalue weighted by atomic mass is 9.87. The van der Waals surface area contributed by atoms with Gasteiger partial charge in [-0.25, -0.2) is 4.79 Å². The first kappa shape index (κ1) is 18.9. The Balaban J connectivity index is 1.72. The van der Waals surface area contributed by atoms with Crippen LogP contribution in [0, 0.1) is 0 Å². The number of aromatic amines is 1. The molecule has 6 heteroatoms. The molecule has 0 fully saturated rings. The van der Waals surface area contributed by atoms with Gasteiger partial charge in [-0.3, -0.25) is 4.79 Å². The quantitative estimate of drug-likeness (QED) is 0.514. The normalized spacial score (nSPS) is 19.9. The summed E-state index contributed by atoms with van der Waals surface area (Å²) >= 11 is 5.99. The number of hydrogen-bond acceptors (Lipinski definition) is 3. The van der Waals surface area contributed by atoms with E-state index in [1.807, 2.05) is 36.4 Å². The van der Waals surface area contributed by atoms with E-state index in [9.17, 15) is 9.59 Å². The number of amides is 1. The van der Waals surface area contributed by atoms with Gasteiger partial charge in [0, 0.05) is 23.0 Å². The monoisotopic (exact) mass is 420 g/mol. The Morgan fingerprint density at radius 2 is 1.93 bits per heavy atom. The number of fused-ring (bicyclic) bond motifs is 4. The number of H-pyrrole nitrogens is 1. The van der Waals surface area contributed by atoms with Crippen LogP contribution in [0.2, 0.25) is 0 Å². The predicted molar refractivity (Wildman–Crippen MR) is 116 cm³/mol. The maximum absolute atomic E-state index is 13.0. The van der Waals surface area contributed by atoms with Gasteiger partial charge in [-0.05, 0) is 34.8 Å². The molecule has 2 heterocycles. The van der Waals surface area contributed by atoms with Crippen LogP contribution in [0.15, 0.2) is 54.1 Å². The Morgan fingerprint density at radius 3 is 2.70 bits per heavy atom. The zero-order valence-corrected chi connectivity index (χ0v) is 17.3. The highest BCUT2D eigenvalue weighted by Crippen LogP contribution is 2.44. The lowest BCUT2D eigenvalue weighted by Crippen LogP contribution is -2.52. The first-order valence-electron chi connectivity index (χ1n) is 9.95. The second kappa shape index (κ2) is 7.33. The highest BCUT2D eigenvalue weighted by atomic mass is 35.5. The predicted octanol–water partition coefficient (Wildman–Crippen LogP) is 4.01. The summed E-state index contributed by atoms with van der Waals surface area (Å²) in [5.41, 5.74) is 6.42. The van der Waals surface area contributed by atoms with E-state index in [-0.39, 0.29) is 11.8 Å². The maximum Gasteiger partial charge on any atom is 0.328 e. The van der Waals surface area contributed by atoms with Crippen LogP contribution in [0.1, 0.15) is 28.4 Å². The molecule has 5 nitrogen and oxygen atoms in total. The minimum atomic E-state index is -0.720. The number of hydrogen-bond donors (Lipinski definition) is 1. The number of aromatic nitrogens is 1. The molecule has 0 spiro atoms. The molecule has 1 aromatic heterocycles. The molecule has 2 aliphatic rings. The van der Waals surface area contributed by atoms with E-state index in [1.165, 1.54) is 12.7 Å². The molecule has 0 saturated heterocycles. The van der Waals surface area contributed by atoms with Crippen LogP contribution in [-0.4, -0.2) is 40.8 Å². The maximum atomic E-state index is 13.0. The van der Waals surface area contributed by atoms with Crippen molar-refractivity contribution in [3.05, 3.63) is 76.5 Å². The Bertz CT molecular complexity index is 1200. The highest BCUT2D eigenvalue weighted by Gasteiger charge is 2.45. The number of nitrogens with zero attached hydrogens (tertiary/aromatic N) is 1. The van der Waals surface area contributed by atoms with Gasteiger partial charge in [0.15, 0.2) is 0 Å². The van der Waals surface area contributed by atoms with Crippen LogP contribution in [0.3, 0.4) is 0 Å². The molecular formula is C24H21ClN2O3. The summed E-state index contributed by atoms with van der Waals surface area (Å²) in [7, 11) is 1.36. The Hall–Kier alpha value is -3.05. The smallest absolute Gasteiger partial charge is 0.328 e. The van der Waals surface area contributed by atoms with Crippen molar-refractivity contribution in [1.82, 2.24) is 9.88 Å². The molecule has 152 valence electrons. The van der Waals surface area contributed by atoms with Crippen molar-refractivity contribution in [2.45, 2.75) is 24.9 Å². The van der Waals surface area contributed by atoms with Gasteiger partial charge in [0.1, 0.15) is 11.9 Å². The van der Waals surface area contributed by atoms with Crippen LogP contribution < -0.4 is 0 Å². The second-order valence-corrected chi connectivity index (χ2v) is 8.01. The summed E-state index contributed by atoms with van der Waals surface area (Å²) in [6.07, 6.45) is 3.24. The SMILES string of the molecule is COC(=O)C1Cc2c([nH]c3ccccc23)C(C2=Cc3ccccc3C2)N1C(=O)CCl. The number of halogens is 1. The molecule has 0 saturated carbocycles. The number of para-hydroxylation sites is 1. The fraction of sp³-hybridized carbons (Fsp3) is 0.250. The van der Waals surface area contributed by atoms with E-state index in [4.69, 9.17) is 16.3 Å². The van der Waals surface area contributed by atoms with E-state index in [0.717, 1.165) is 39.7 Å². The number of esters is 1. The summed E-state index contributed by atoms with van der Waals surface area (Å²) in [5, 5.41) is 1.07. The minimum absolute atomic E-state index is 0.195. The zero-order chi connectivity index (χ0) is 20.8. The minimum Gasteiger partial charge on any atom is -0.467 e. The van der Waals surface area contributed by atoms with Crippen LogP contribution in [0.25, 0.3) is 17.0 Å². The van der Waals surface area contributed by atoms with E-state index in [0.29, 0.717) is 6.42 Å². The number of ether oxygens (including phenoxy) is 1. The molecule has 1 N–H and O–H groups in total. The molecule has 30 heavy (non-hydrogen) atoms. The molecular weight excluding hydrogens is 400 g/mol. The number of rotatable bonds is 3. The van der Waals surface area contributed by atoms with E-state index >= 15 is 0 Å². The fourth-order valence-corrected chi connectivity index (χ4v) is 4.99. The molecule has 0 bridgehead atoms. The van der Waals surface area contributed by atoms with E-state index in [1.54, 1.807) is 4.90 Å². The molecule has 2 unspecified atom stereocenters. The van der Waals surface area contributed by atoms with Crippen molar-refractivity contribution in [2.24, 2.45) is 0 Å². The van der Waals surface area contributed by atoms with Crippen molar-refractivity contribution < 1.29 is 14.3 Å². The average Bonchev–Trinajstić information content (AvgIpc) is 3.37. The van der Waals surface area contributed by atoms with Gasteiger partial charge in [-0.1, -0.05) is 48.5 Å². The third-order valence-corrected chi connectivity index (χ3v) is 6.38. The van der Waals surface area contributed by atoms with Gasteiger partial charge in [-0.2, -0.15) is 0 Å². The molecule has 0 radical (unpaired) electrons. The zero-order valence-electron chi connectivity index (χ0n) is 16.5. The average molecular weight is 421 g/mol. The molecule has 1 aliphatic carbocycles. The molecule has 3 aromatic rings. The highest BCUT2D eigenvalue weighted by molar-refractivity contribution is 6.27. The number of methoxy groups -OCH3 is 1. The molecule has 5 rings (SSSR count). The van der Waals surface area contributed by atoms with E-state index < -0.39 is 18.1 Å².